The van der Waals surface area contributed by atoms with Crippen LogP contribution in [0.2, 0.25) is 0 Å². The third-order valence-electron chi connectivity index (χ3n) is 3.31. The molecule has 0 aliphatic heterocycles. The van der Waals surface area contributed by atoms with Crippen LogP contribution in [-0.2, 0) is 10.0 Å². The zero-order valence-corrected chi connectivity index (χ0v) is 14.0. The lowest BCUT2D eigenvalue weighted by Gasteiger charge is -2.19. The van der Waals surface area contributed by atoms with Gasteiger partial charge in [0.05, 0.1) is 11.0 Å². The molecular weight excluding hydrogens is 288 g/mol. The normalized spacial score (nSPS) is 15.1. The summed E-state index contributed by atoms with van der Waals surface area (Å²) < 4.78 is 25.8. The molecule has 2 unspecified atom stereocenters. The first-order valence-electron chi connectivity index (χ1n) is 7.26. The van der Waals surface area contributed by atoms with Gasteiger partial charge >= 0.3 is 0 Å². The number of nitrogens with zero attached hydrogens (tertiary/aromatic N) is 1. The molecule has 120 valence electrons. The predicted molar refractivity (Wildman–Crippen MR) is 84.6 cm³/mol. The highest BCUT2D eigenvalue weighted by Crippen LogP contribution is 2.19. The molecule has 0 bridgehead atoms. The molecule has 2 atom stereocenters. The first-order chi connectivity index (χ1) is 9.78. The zero-order chi connectivity index (χ0) is 16.0. The fourth-order valence-electron chi connectivity index (χ4n) is 2.06. The Balaban J connectivity index is 2.86. The molecule has 0 heterocycles. The van der Waals surface area contributed by atoms with E-state index in [0.29, 0.717) is 0 Å². The molecular formula is C15H26N2O3S. The van der Waals surface area contributed by atoms with E-state index in [9.17, 15) is 13.5 Å². The number of hydrogen-bond acceptors (Lipinski definition) is 4. The second-order valence-corrected chi connectivity index (χ2v) is 7.42. The average Bonchev–Trinajstić information content (AvgIpc) is 2.44. The minimum Gasteiger partial charge on any atom is -0.392 e. The molecule has 5 nitrogen and oxygen atoms in total. The Kier molecular flexibility index (Phi) is 6.80. The lowest BCUT2D eigenvalue weighted by atomic mass is 10.1. The maximum atomic E-state index is 12.3. The Morgan fingerprint density at radius 3 is 2.29 bits per heavy atom. The van der Waals surface area contributed by atoms with Crippen LogP contribution < -0.4 is 5.32 Å². The molecule has 0 radical (unpaired) electrons. The number of hydrogen-bond donors (Lipinski definition) is 2. The van der Waals surface area contributed by atoms with Gasteiger partial charge in [0.15, 0.2) is 0 Å². The molecule has 1 rings (SSSR count). The topological polar surface area (TPSA) is 69.6 Å². The van der Waals surface area contributed by atoms with E-state index in [2.05, 4.69) is 19.2 Å². The Labute approximate surface area is 128 Å². The van der Waals surface area contributed by atoms with E-state index >= 15 is 0 Å². The van der Waals surface area contributed by atoms with Crippen molar-refractivity contribution in [3.8, 4) is 0 Å². The molecule has 21 heavy (non-hydrogen) atoms. The van der Waals surface area contributed by atoms with Crippen LogP contribution in [0, 0.1) is 0 Å². The van der Waals surface area contributed by atoms with Gasteiger partial charge in [-0.2, -0.15) is 4.31 Å². The Morgan fingerprint density at radius 2 is 1.81 bits per heavy atom. The number of rotatable bonds is 8. The Morgan fingerprint density at radius 1 is 1.24 bits per heavy atom. The van der Waals surface area contributed by atoms with E-state index in [1.54, 1.807) is 19.1 Å². The van der Waals surface area contributed by atoms with Crippen molar-refractivity contribution in [1.82, 2.24) is 9.62 Å². The van der Waals surface area contributed by atoms with Gasteiger partial charge in [-0.15, -0.1) is 0 Å². The molecule has 1 aromatic rings. The van der Waals surface area contributed by atoms with Gasteiger partial charge in [-0.05, 0) is 44.5 Å². The van der Waals surface area contributed by atoms with Crippen LogP contribution in [0.15, 0.2) is 29.2 Å². The summed E-state index contributed by atoms with van der Waals surface area (Å²) in [4.78, 5) is 0.247. The van der Waals surface area contributed by atoms with Crippen LogP contribution in [0.25, 0.3) is 0 Å². The molecule has 0 amide bonds. The zero-order valence-electron chi connectivity index (χ0n) is 13.2. The van der Waals surface area contributed by atoms with Gasteiger partial charge in [-0.1, -0.05) is 19.1 Å². The van der Waals surface area contributed by atoms with Crippen LogP contribution in [0.4, 0.5) is 0 Å². The van der Waals surface area contributed by atoms with Gasteiger partial charge in [-0.3, -0.25) is 0 Å². The van der Waals surface area contributed by atoms with Crippen molar-refractivity contribution in [2.45, 2.75) is 44.2 Å². The number of sulfonamides is 1. The van der Waals surface area contributed by atoms with E-state index in [1.165, 1.54) is 11.4 Å². The van der Waals surface area contributed by atoms with Crippen LogP contribution in [0.5, 0.6) is 0 Å². The molecule has 0 saturated heterocycles. The monoisotopic (exact) mass is 314 g/mol. The average molecular weight is 314 g/mol. The molecule has 1 aromatic carbocycles. The standard InChI is InChI=1S/C15H26N2O3S/c1-5-10-16-13(3)14-6-8-15(9-7-14)21(19,20)17(4)11-12(2)18/h6-9,12-13,16,18H,5,10-11H2,1-4H3. The van der Waals surface area contributed by atoms with Gasteiger partial charge in [0, 0.05) is 19.6 Å². The maximum Gasteiger partial charge on any atom is 0.242 e. The van der Waals surface area contributed by atoms with Gasteiger partial charge in [0.25, 0.3) is 0 Å². The fraction of sp³-hybridized carbons (Fsp3) is 0.600. The summed E-state index contributed by atoms with van der Waals surface area (Å²) in [6.45, 7) is 6.74. The van der Waals surface area contributed by atoms with Crippen molar-refractivity contribution >= 4 is 10.0 Å². The number of likely N-dealkylation sites (N-methyl/N-ethyl adjacent to an activating group) is 1. The molecule has 0 aliphatic rings. The summed E-state index contributed by atoms with van der Waals surface area (Å²) in [6, 6.07) is 7.09. The summed E-state index contributed by atoms with van der Waals surface area (Å²) in [6.07, 6.45) is 0.364. The van der Waals surface area contributed by atoms with Crippen molar-refractivity contribution in [1.29, 1.82) is 0 Å². The first kappa shape index (κ1) is 18.1. The second kappa shape index (κ2) is 7.89. The molecule has 0 spiro atoms. The van der Waals surface area contributed by atoms with Crippen molar-refractivity contribution in [2.75, 3.05) is 20.1 Å². The summed E-state index contributed by atoms with van der Waals surface area (Å²) in [5.74, 6) is 0. The van der Waals surface area contributed by atoms with Gasteiger partial charge in [0.1, 0.15) is 0 Å². The predicted octanol–water partition coefficient (Wildman–Crippen LogP) is 1.75. The van der Waals surface area contributed by atoms with Crippen molar-refractivity contribution in [3.63, 3.8) is 0 Å². The van der Waals surface area contributed by atoms with Crippen molar-refractivity contribution < 1.29 is 13.5 Å². The molecule has 0 fully saturated rings. The second-order valence-electron chi connectivity index (χ2n) is 5.38. The smallest absolute Gasteiger partial charge is 0.242 e. The van der Waals surface area contributed by atoms with Crippen molar-refractivity contribution in [3.05, 3.63) is 29.8 Å². The molecule has 2 N–H and O–H groups in total. The van der Waals surface area contributed by atoms with Crippen LogP contribution in [0.1, 0.15) is 38.8 Å². The third-order valence-corrected chi connectivity index (χ3v) is 5.15. The highest BCUT2D eigenvalue weighted by Gasteiger charge is 2.21. The minimum atomic E-state index is -3.54. The van der Waals surface area contributed by atoms with E-state index < -0.39 is 16.1 Å². The highest BCUT2D eigenvalue weighted by atomic mass is 32.2. The van der Waals surface area contributed by atoms with E-state index in [4.69, 9.17) is 0 Å². The van der Waals surface area contributed by atoms with E-state index in [0.717, 1.165) is 18.5 Å². The molecule has 0 aliphatic carbocycles. The first-order valence-corrected chi connectivity index (χ1v) is 8.70. The minimum absolute atomic E-state index is 0.0819. The fourth-order valence-corrected chi connectivity index (χ4v) is 3.31. The molecule has 0 saturated carbocycles. The van der Waals surface area contributed by atoms with Crippen LogP contribution >= 0.6 is 0 Å². The van der Waals surface area contributed by atoms with E-state index in [-0.39, 0.29) is 17.5 Å². The quantitative estimate of drug-likeness (QED) is 0.767. The Hall–Kier alpha value is -0.950. The van der Waals surface area contributed by atoms with Crippen molar-refractivity contribution in [2.24, 2.45) is 0 Å². The molecule has 6 heteroatoms. The lowest BCUT2D eigenvalue weighted by Crippen LogP contribution is -2.33. The number of aliphatic hydroxyl groups excluding tert-OH is 1. The SMILES string of the molecule is CCCNC(C)c1ccc(S(=O)(=O)N(C)CC(C)O)cc1. The van der Waals surface area contributed by atoms with Crippen LogP contribution in [-0.4, -0.2) is 44.1 Å². The third kappa shape index (κ3) is 5.07. The lowest BCUT2D eigenvalue weighted by molar-refractivity contribution is 0.171. The summed E-state index contributed by atoms with van der Waals surface area (Å²) >= 11 is 0. The number of benzene rings is 1. The highest BCUT2D eigenvalue weighted by molar-refractivity contribution is 7.89. The van der Waals surface area contributed by atoms with Crippen LogP contribution in [0.3, 0.4) is 0 Å². The number of aliphatic hydroxyl groups is 1. The van der Waals surface area contributed by atoms with E-state index in [1.807, 2.05) is 12.1 Å². The summed E-state index contributed by atoms with van der Waals surface area (Å²) in [5.41, 5.74) is 1.06. The van der Waals surface area contributed by atoms with Gasteiger partial charge in [-0.25, -0.2) is 8.42 Å². The summed E-state index contributed by atoms with van der Waals surface area (Å²) in [7, 11) is -2.07. The largest absolute Gasteiger partial charge is 0.392 e. The maximum absolute atomic E-state index is 12.3. The van der Waals surface area contributed by atoms with Gasteiger partial charge in [0.2, 0.25) is 10.0 Å². The summed E-state index contributed by atoms with van der Waals surface area (Å²) in [5, 5.41) is 12.7. The Bertz CT molecular complexity index is 526. The number of nitrogens with one attached hydrogen (secondary N) is 1. The molecule has 0 aromatic heterocycles. The van der Waals surface area contributed by atoms with Gasteiger partial charge < -0.3 is 10.4 Å².